The van der Waals surface area contributed by atoms with Gasteiger partial charge in [0.05, 0.1) is 9.92 Å². The summed E-state index contributed by atoms with van der Waals surface area (Å²) in [5.74, 6) is -0.503. The Labute approximate surface area is 115 Å². The molecule has 0 heterocycles. The minimum Gasteiger partial charge on any atom is -0.355 e. The van der Waals surface area contributed by atoms with Crippen molar-refractivity contribution in [3.8, 4) is 0 Å². The summed E-state index contributed by atoms with van der Waals surface area (Å²) in [7, 11) is -3.70. The maximum atomic E-state index is 13.0. The second-order valence-electron chi connectivity index (χ2n) is 3.82. The molecular formula is C12H10ClFN2O2S. The molecule has 4 nitrogen and oxygen atoms in total. The number of nitrogens with one attached hydrogen (secondary N) is 1. The summed E-state index contributed by atoms with van der Waals surface area (Å²) in [4.78, 5) is 0.0233. The minimum absolute atomic E-state index is 0.00570. The van der Waals surface area contributed by atoms with Crippen LogP contribution in [-0.4, -0.2) is 8.42 Å². The lowest BCUT2D eigenvalue weighted by Crippen LogP contribution is -2.11. The number of sulfonamides is 1. The number of hydrogen-bond donors (Lipinski definition) is 2. The lowest BCUT2D eigenvalue weighted by Gasteiger charge is -2.07. The lowest BCUT2D eigenvalue weighted by atomic mass is 10.2. The molecule has 19 heavy (non-hydrogen) atoms. The van der Waals surface area contributed by atoms with E-state index in [1.54, 1.807) is 12.1 Å². The van der Waals surface area contributed by atoms with Crippen LogP contribution in [0.25, 0.3) is 0 Å². The van der Waals surface area contributed by atoms with E-state index in [-0.39, 0.29) is 9.92 Å². The van der Waals surface area contributed by atoms with Crippen molar-refractivity contribution in [1.82, 2.24) is 0 Å². The third-order valence-electron chi connectivity index (χ3n) is 2.39. The van der Waals surface area contributed by atoms with E-state index in [0.717, 1.165) is 0 Å². The van der Waals surface area contributed by atoms with Crippen molar-refractivity contribution in [2.45, 2.75) is 4.90 Å². The number of hydrogen-bond acceptors (Lipinski definition) is 3. The normalized spacial score (nSPS) is 11.3. The number of halogens is 2. The van der Waals surface area contributed by atoms with E-state index in [1.807, 2.05) is 0 Å². The Bertz CT molecular complexity index is 702. The Morgan fingerprint density at radius 3 is 2.16 bits per heavy atom. The van der Waals surface area contributed by atoms with Crippen LogP contribution in [0.1, 0.15) is 0 Å². The first-order chi connectivity index (χ1) is 8.86. The molecule has 2 aromatic carbocycles. The molecule has 0 saturated carbocycles. The van der Waals surface area contributed by atoms with Crippen molar-refractivity contribution < 1.29 is 12.8 Å². The first-order valence-corrected chi connectivity index (χ1v) is 7.13. The van der Waals surface area contributed by atoms with E-state index in [2.05, 4.69) is 5.32 Å². The van der Waals surface area contributed by atoms with Gasteiger partial charge in [0.1, 0.15) is 5.82 Å². The SMILES string of the molecule is NS(=O)(=O)c1ccc(Nc2ccc(F)c(Cl)c2)cc1. The van der Waals surface area contributed by atoms with Crippen molar-refractivity contribution in [2.24, 2.45) is 5.14 Å². The fraction of sp³-hybridized carbons (Fsp3) is 0. The third-order valence-corrected chi connectivity index (χ3v) is 3.61. The standard InChI is InChI=1S/C12H10ClFN2O2S/c13-11-7-9(3-6-12(11)14)16-8-1-4-10(5-2-8)19(15,17)18/h1-7,16H,(H2,15,17,18). The van der Waals surface area contributed by atoms with Crippen LogP contribution in [0.15, 0.2) is 47.4 Å². The zero-order chi connectivity index (χ0) is 14.0. The highest BCUT2D eigenvalue weighted by molar-refractivity contribution is 7.89. The van der Waals surface area contributed by atoms with Crippen molar-refractivity contribution in [2.75, 3.05) is 5.32 Å². The van der Waals surface area contributed by atoms with Crippen molar-refractivity contribution in [3.05, 3.63) is 53.3 Å². The van der Waals surface area contributed by atoms with E-state index in [4.69, 9.17) is 16.7 Å². The summed E-state index contributed by atoms with van der Waals surface area (Å²) >= 11 is 5.65. The van der Waals surface area contributed by atoms with Gasteiger partial charge in [-0.3, -0.25) is 0 Å². The second kappa shape index (κ2) is 5.16. The molecule has 0 bridgehead atoms. The molecular weight excluding hydrogens is 291 g/mol. The minimum atomic E-state index is -3.70. The van der Waals surface area contributed by atoms with Gasteiger partial charge in [-0.05, 0) is 42.5 Å². The van der Waals surface area contributed by atoms with Gasteiger partial charge >= 0.3 is 0 Å². The van der Waals surface area contributed by atoms with Gasteiger partial charge in [-0.1, -0.05) is 11.6 Å². The van der Waals surface area contributed by atoms with Gasteiger partial charge in [0.25, 0.3) is 0 Å². The Hall–Kier alpha value is -1.63. The Morgan fingerprint density at radius 1 is 1.05 bits per heavy atom. The molecule has 0 aliphatic rings. The molecule has 0 saturated heterocycles. The van der Waals surface area contributed by atoms with Crippen LogP contribution in [0, 0.1) is 5.82 Å². The van der Waals surface area contributed by atoms with Gasteiger partial charge in [-0.25, -0.2) is 17.9 Å². The molecule has 0 unspecified atom stereocenters. The molecule has 0 atom stereocenters. The first kappa shape index (κ1) is 13.8. The summed E-state index contributed by atoms with van der Waals surface area (Å²) in [6.45, 7) is 0. The molecule has 0 aliphatic heterocycles. The zero-order valence-corrected chi connectivity index (χ0v) is 11.2. The average molecular weight is 301 g/mol. The number of primary sulfonamides is 1. The fourth-order valence-electron chi connectivity index (χ4n) is 1.47. The molecule has 100 valence electrons. The highest BCUT2D eigenvalue weighted by Gasteiger charge is 2.07. The fourth-order valence-corrected chi connectivity index (χ4v) is 2.16. The Balaban J connectivity index is 2.22. The molecule has 0 amide bonds. The van der Waals surface area contributed by atoms with Crippen LogP contribution in [0.3, 0.4) is 0 Å². The van der Waals surface area contributed by atoms with Crippen LogP contribution in [-0.2, 0) is 10.0 Å². The van der Waals surface area contributed by atoms with Crippen LogP contribution < -0.4 is 10.5 Å². The van der Waals surface area contributed by atoms with Crippen LogP contribution in [0.4, 0.5) is 15.8 Å². The Morgan fingerprint density at radius 2 is 1.63 bits per heavy atom. The maximum Gasteiger partial charge on any atom is 0.238 e. The highest BCUT2D eigenvalue weighted by atomic mass is 35.5. The smallest absolute Gasteiger partial charge is 0.238 e. The lowest BCUT2D eigenvalue weighted by molar-refractivity contribution is 0.598. The van der Waals surface area contributed by atoms with Crippen molar-refractivity contribution in [1.29, 1.82) is 0 Å². The van der Waals surface area contributed by atoms with E-state index < -0.39 is 15.8 Å². The average Bonchev–Trinajstić information content (AvgIpc) is 2.33. The van der Waals surface area contributed by atoms with Crippen molar-refractivity contribution >= 4 is 33.0 Å². The van der Waals surface area contributed by atoms with E-state index >= 15 is 0 Å². The quantitative estimate of drug-likeness (QED) is 0.915. The third kappa shape index (κ3) is 3.44. The van der Waals surface area contributed by atoms with Gasteiger partial charge < -0.3 is 5.32 Å². The zero-order valence-electron chi connectivity index (χ0n) is 9.60. The van der Waals surface area contributed by atoms with Gasteiger partial charge in [0.2, 0.25) is 10.0 Å². The van der Waals surface area contributed by atoms with Crippen LogP contribution >= 0.6 is 11.6 Å². The predicted molar refractivity (Wildman–Crippen MR) is 72.5 cm³/mol. The summed E-state index contributed by atoms with van der Waals surface area (Å²) < 4.78 is 35.1. The monoisotopic (exact) mass is 300 g/mol. The number of benzene rings is 2. The molecule has 0 aromatic heterocycles. The molecule has 7 heteroatoms. The van der Waals surface area contributed by atoms with Gasteiger partial charge in [-0.2, -0.15) is 0 Å². The molecule has 2 aromatic rings. The molecule has 2 rings (SSSR count). The first-order valence-electron chi connectivity index (χ1n) is 5.21. The van der Waals surface area contributed by atoms with Crippen LogP contribution in [0.2, 0.25) is 5.02 Å². The van der Waals surface area contributed by atoms with Crippen LogP contribution in [0.5, 0.6) is 0 Å². The Kier molecular flexibility index (Phi) is 3.75. The molecule has 0 radical (unpaired) electrons. The number of nitrogens with two attached hydrogens (primary N) is 1. The van der Waals surface area contributed by atoms with E-state index in [9.17, 15) is 12.8 Å². The number of rotatable bonds is 3. The summed E-state index contributed by atoms with van der Waals surface area (Å²) in [6.07, 6.45) is 0. The summed E-state index contributed by atoms with van der Waals surface area (Å²) in [6, 6.07) is 10.1. The summed E-state index contributed by atoms with van der Waals surface area (Å²) in [5.41, 5.74) is 1.23. The van der Waals surface area contributed by atoms with Gasteiger partial charge in [-0.15, -0.1) is 0 Å². The molecule has 3 N–H and O–H groups in total. The summed E-state index contributed by atoms with van der Waals surface area (Å²) in [5, 5.41) is 7.96. The maximum absolute atomic E-state index is 13.0. The van der Waals surface area contributed by atoms with Gasteiger partial charge in [0.15, 0.2) is 0 Å². The number of anilines is 2. The largest absolute Gasteiger partial charge is 0.355 e. The van der Waals surface area contributed by atoms with Crippen molar-refractivity contribution in [3.63, 3.8) is 0 Å². The predicted octanol–water partition coefficient (Wildman–Crippen LogP) is 2.87. The molecule has 0 spiro atoms. The topological polar surface area (TPSA) is 72.2 Å². The van der Waals surface area contributed by atoms with Gasteiger partial charge in [0, 0.05) is 11.4 Å². The second-order valence-corrected chi connectivity index (χ2v) is 5.79. The molecule has 0 aliphatic carbocycles. The van der Waals surface area contributed by atoms with E-state index in [1.165, 1.54) is 30.3 Å². The van der Waals surface area contributed by atoms with E-state index in [0.29, 0.717) is 11.4 Å². The highest BCUT2D eigenvalue weighted by Crippen LogP contribution is 2.23. The molecule has 0 fully saturated rings.